The highest BCUT2D eigenvalue weighted by molar-refractivity contribution is 6.12. The minimum absolute atomic E-state index is 0.0984. The van der Waals surface area contributed by atoms with Crippen molar-refractivity contribution in [1.82, 2.24) is 19.9 Å². The molecule has 0 atom stereocenters. The zero-order valence-corrected chi connectivity index (χ0v) is 20.5. The average molecular weight is 493 g/mol. The monoisotopic (exact) mass is 492 g/mol. The Labute approximate surface area is 215 Å². The molecule has 8 nitrogen and oxygen atoms in total. The Morgan fingerprint density at radius 2 is 1.62 bits per heavy atom. The summed E-state index contributed by atoms with van der Waals surface area (Å²) < 4.78 is 0. The number of para-hydroxylation sites is 1. The summed E-state index contributed by atoms with van der Waals surface area (Å²) in [5, 5.41) is 3.87. The summed E-state index contributed by atoms with van der Waals surface area (Å²) in [6.45, 7) is 2.72. The number of fused-ring (bicyclic) bond motifs is 1. The van der Waals surface area contributed by atoms with Crippen LogP contribution in [-0.4, -0.2) is 57.8 Å². The van der Waals surface area contributed by atoms with Crippen LogP contribution in [-0.2, 0) is 11.2 Å². The number of carbonyl (C=O) groups excluding carboxylic acids is 2. The molecule has 1 aliphatic carbocycles. The number of pyridine rings is 1. The molecule has 1 saturated carbocycles. The van der Waals surface area contributed by atoms with Crippen LogP contribution in [0.3, 0.4) is 0 Å². The average Bonchev–Trinajstić information content (AvgIpc) is 3.80. The Kier molecular flexibility index (Phi) is 6.22. The van der Waals surface area contributed by atoms with E-state index in [1.807, 2.05) is 59.5 Å². The number of aromatic nitrogens is 3. The first-order valence-electron chi connectivity index (χ1n) is 12.7. The number of benzene rings is 2. The maximum Gasteiger partial charge on any atom is 0.256 e. The fraction of sp³-hybridized carbons (Fsp3) is 0.276. The highest BCUT2D eigenvalue weighted by Crippen LogP contribution is 2.40. The van der Waals surface area contributed by atoms with Crippen LogP contribution in [0.5, 0.6) is 0 Å². The Morgan fingerprint density at radius 3 is 2.35 bits per heavy atom. The van der Waals surface area contributed by atoms with Crippen molar-refractivity contribution in [2.24, 2.45) is 0 Å². The number of amides is 2. The van der Waals surface area contributed by atoms with E-state index < -0.39 is 0 Å². The molecule has 0 unspecified atom stereocenters. The van der Waals surface area contributed by atoms with Crippen LogP contribution in [0.15, 0.2) is 73.1 Å². The summed E-state index contributed by atoms with van der Waals surface area (Å²) in [5.74, 6) is 1.12. The molecule has 2 aromatic heterocycles. The summed E-state index contributed by atoms with van der Waals surface area (Å²) in [7, 11) is 0. The van der Waals surface area contributed by atoms with Gasteiger partial charge in [0, 0.05) is 61.3 Å². The molecule has 3 heterocycles. The molecule has 4 aromatic rings. The number of piperazine rings is 1. The number of rotatable bonds is 6. The van der Waals surface area contributed by atoms with Gasteiger partial charge < -0.3 is 15.1 Å². The molecular formula is C29H28N6O2. The van der Waals surface area contributed by atoms with Gasteiger partial charge in [-0.1, -0.05) is 30.3 Å². The Hall–Kier alpha value is -4.33. The topological polar surface area (TPSA) is 91.3 Å². The number of hydrogen-bond donors (Lipinski definition) is 1. The molecule has 0 radical (unpaired) electrons. The molecule has 2 amide bonds. The number of hydrogen-bond acceptors (Lipinski definition) is 6. The van der Waals surface area contributed by atoms with Crippen LogP contribution in [0.1, 0.15) is 40.4 Å². The standard InChI is InChI=1S/C29H28N6O2/c36-27(34-14-16-35(17-15-34)29-30-12-3-13-31-29)18-20-6-10-22(11-7-20)32-28(37)24-19-26(21-8-9-21)33-25-5-2-1-4-23(24)25/h1-7,10-13,19,21H,8-9,14-18H2,(H,32,37). The summed E-state index contributed by atoms with van der Waals surface area (Å²) >= 11 is 0. The van der Waals surface area contributed by atoms with E-state index in [4.69, 9.17) is 4.98 Å². The second kappa shape index (κ2) is 9.97. The minimum atomic E-state index is -0.149. The van der Waals surface area contributed by atoms with Crippen LogP contribution in [0, 0.1) is 0 Å². The van der Waals surface area contributed by atoms with Gasteiger partial charge in [0.05, 0.1) is 17.5 Å². The largest absolute Gasteiger partial charge is 0.339 e. The zero-order valence-electron chi connectivity index (χ0n) is 20.5. The fourth-order valence-electron chi connectivity index (χ4n) is 4.77. The third kappa shape index (κ3) is 5.14. The molecule has 2 fully saturated rings. The fourth-order valence-corrected chi connectivity index (χ4v) is 4.77. The van der Waals surface area contributed by atoms with Gasteiger partial charge >= 0.3 is 0 Å². The minimum Gasteiger partial charge on any atom is -0.339 e. The SMILES string of the molecule is O=C(Nc1ccc(CC(=O)N2CCN(c3ncccn3)CC2)cc1)c1cc(C2CC2)nc2ccccc12. The normalized spacial score (nSPS) is 15.6. The number of nitrogens with one attached hydrogen (secondary N) is 1. The predicted molar refractivity (Wildman–Crippen MR) is 143 cm³/mol. The van der Waals surface area contributed by atoms with Gasteiger partial charge in [-0.25, -0.2) is 9.97 Å². The summed E-state index contributed by atoms with van der Waals surface area (Å²) in [4.78, 5) is 43.4. The molecule has 0 bridgehead atoms. The number of nitrogens with zero attached hydrogens (tertiary/aromatic N) is 5. The van der Waals surface area contributed by atoms with E-state index in [1.165, 1.54) is 0 Å². The smallest absolute Gasteiger partial charge is 0.256 e. The molecule has 1 N–H and O–H groups in total. The van der Waals surface area contributed by atoms with Gasteiger partial charge in [0.2, 0.25) is 11.9 Å². The second-order valence-electron chi connectivity index (χ2n) is 9.63. The quantitative estimate of drug-likeness (QED) is 0.437. The highest BCUT2D eigenvalue weighted by atomic mass is 16.2. The van der Waals surface area contributed by atoms with Crippen LogP contribution in [0.25, 0.3) is 10.9 Å². The molecular weight excluding hydrogens is 464 g/mol. The summed E-state index contributed by atoms with van der Waals surface area (Å²) in [6, 6.07) is 19.0. The first kappa shape index (κ1) is 23.1. The van der Waals surface area contributed by atoms with Gasteiger partial charge in [-0.3, -0.25) is 14.6 Å². The van der Waals surface area contributed by atoms with E-state index in [9.17, 15) is 9.59 Å². The van der Waals surface area contributed by atoms with E-state index in [1.54, 1.807) is 18.5 Å². The maximum atomic E-state index is 13.2. The summed E-state index contributed by atoms with van der Waals surface area (Å²) in [6.07, 6.45) is 6.05. The van der Waals surface area contributed by atoms with Crippen molar-refractivity contribution in [1.29, 1.82) is 0 Å². The van der Waals surface area contributed by atoms with E-state index >= 15 is 0 Å². The molecule has 37 heavy (non-hydrogen) atoms. The molecule has 6 rings (SSSR count). The van der Waals surface area contributed by atoms with Crippen LogP contribution >= 0.6 is 0 Å². The lowest BCUT2D eigenvalue weighted by molar-refractivity contribution is -0.130. The Morgan fingerprint density at radius 1 is 0.892 bits per heavy atom. The lowest BCUT2D eigenvalue weighted by Gasteiger charge is -2.34. The molecule has 1 saturated heterocycles. The summed E-state index contributed by atoms with van der Waals surface area (Å²) in [5.41, 5.74) is 4.11. The van der Waals surface area contributed by atoms with E-state index in [-0.39, 0.29) is 11.8 Å². The lowest BCUT2D eigenvalue weighted by atomic mass is 10.0. The predicted octanol–water partition coefficient (Wildman–Crippen LogP) is 4.05. The van der Waals surface area contributed by atoms with Crippen molar-refractivity contribution in [3.05, 3.63) is 89.9 Å². The van der Waals surface area contributed by atoms with Crippen molar-refractivity contribution in [3.8, 4) is 0 Å². The van der Waals surface area contributed by atoms with Crippen molar-refractivity contribution in [3.63, 3.8) is 0 Å². The third-order valence-corrected chi connectivity index (χ3v) is 7.01. The van der Waals surface area contributed by atoms with E-state index in [2.05, 4.69) is 20.2 Å². The molecule has 0 spiro atoms. The second-order valence-corrected chi connectivity index (χ2v) is 9.63. The zero-order chi connectivity index (χ0) is 25.2. The van der Waals surface area contributed by atoms with E-state index in [0.717, 1.165) is 35.0 Å². The van der Waals surface area contributed by atoms with E-state index in [0.29, 0.717) is 55.7 Å². The third-order valence-electron chi connectivity index (χ3n) is 7.01. The molecule has 8 heteroatoms. The van der Waals surface area contributed by atoms with Gasteiger partial charge in [0.25, 0.3) is 5.91 Å². The molecule has 2 aliphatic rings. The van der Waals surface area contributed by atoms with Gasteiger partial charge in [-0.15, -0.1) is 0 Å². The highest BCUT2D eigenvalue weighted by Gasteiger charge is 2.27. The van der Waals surface area contributed by atoms with Gasteiger partial charge in [0.1, 0.15) is 0 Å². The van der Waals surface area contributed by atoms with Crippen molar-refractivity contribution in [2.75, 3.05) is 36.4 Å². The Bertz CT molecular complexity index is 1430. The first-order chi connectivity index (χ1) is 18.1. The lowest BCUT2D eigenvalue weighted by Crippen LogP contribution is -2.49. The first-order valence-corrected chi connectivity index (χ1v) is 12.7. The molecule has 2 aromatic carbocycles. The number of carbonyl (C=O) groups is 2. The number of anilines is 2. The van der Waals surface area contributed by atoms with Crippen LogP contribution in [0.2, 0.25) is 0 Å². The molecule has 186 valence electrons. The van der Waals surface area contributed by atoms with Crippen LogP contribution < -0.4 is 10.2 Å². The Balaban J connectivity index is 1.08. The maximum absolute atomic E-state index is 13.2. The molecule has 1 aliphatic heterocycles. The van der Waals surface area contributed by atoms with Crippen LogP contribution in [0.4, 0.5) is 11.6 Å². The van der Waals surface area contributed by atoms with Gasteiger partial charge in [0.15, 0.2) is 0 Å². The van der Waals surface area contributed by atoms with Crippen molar-refractivity contribution in [2.45, 2.75) is 25.2 Å². The van der Waals surface area contributed by atoms with Crippen molar-refractivity contribution >= 4 is 34.4 Å². The van der Waals surface area contributed by atoms with Crippen molar-refractivity contribution < 1.29 is 9.59 Å². The van der Waals surface area contributed by atoms with Gasteiger partial charge in [-0.05, 0) is 48.7 Å². The van der Waals surface area contributed by atoms with Gasteiger partial charge in [-0.2, -0.15) is 0 Å².